The standard InChI is InChI=1S/C12H21NO2S/c1-10(7-11-4-6-16-9-11)13-12(3-5-14)8-15-2/h4,6,9-10,12-14H,3,5,7-8H2,1-2H3. The predicted molar refractivity (Wildman–Crippen MR) is 68.0 cm³/mol. The van der Waals surface area contributed by atoms with E-state index in [0.717, 1.165) is 12.8 Å². The Labute approximate surface area is 101 Å². The molecule has 2 atom stereocenters. The van der Waals surface area contributed by atoms with Gasteiger partial charge in [0.25, 0.3) is 0 Å². The van der Waals surface area contributed by atoms with Gasteiger partial charge in [0.05, 0.1) is 6.61 Å². The summed E-state index contributed by atoms with van der Waals surface area (Å²) in [5.41, 5.74) is 1.37. The van der Waals surface area contributed by atoms with Gasteiger partial charge in [-0.3, -0.25) is 0 Å². The van der Waals surface area contributed by atoms with Gasteiger partial charge in [0.1, 0.15) is 0 Å². The van der Waals surface area contributed by atoms with E-state index >= 15 is 0 Å². The van der Waals surface area contributed by atoms with Gasteiger partial charge in [-0.25, -0.2) is 0 Å². The van der Waals surface area contributed by atoms with Crippen LogP contribution in [0.15, 0.2) is 16.8 Å². The lowest BCUT2D eigenvalue weighted by molar-refractivity contribution is 0.143. The first-order chi connectivity index (χ1) is 7.76. The van der Waals surface area contributed by atoms with E-state index in [9.17, 15) is 0 Å². The molecule has 92 valence electrons. The third-order valence-corrected chi connectivity index (χ3v) is 3.22. The van der Waals surface area contributed by atoms with Gasteiger partial charge in [-0.15, -0.1) is 0 Å². The minimum Gasteiger partial charge on any atom is -0.396 e. The summed E-state index contributed by atoms with van der Waals surface area (Å²) in [4.78, 5) is 0. The molecule has 0 saturated heterocycles. The Morgan fingerprint density at radius 1 is 1.56 bits per heavy atom. The molecule has 0 aliphatic rings. The van der Waals surface area contributed by atoms with E-state index in [1.807, 2.05) is 0 Å². The zero-order valence-corrected chi connectivity index (χ0v) is 10.8. The van der Waals surface area contributed by atoms with E-state index in [1.54, 1.807) is 18.4 Å². The SMILES string of the molecule is COCC(CCO)NC(C)Cc1ccsc1. The minimum absolute atomic E-state index is 0.201. The van der Waals surface area contributed by atoms with Gasteiger partial charge >= 0.3 is 0 Å². The van der Waals surface area contributed by atoms with Crippen LogP contribution in [0, 0.1) is 0 Å². The highest BCUT2D eigenvalue weighted by molar-refractivity contribution is 7.07. The lowest BCUT2D eigenvalue weighted by atomic mass is 10.1. The van der Waals surface area contributed by atoms with Crippen LogP contribution in [0.25, 0.3) is 0 Å². The quantitative estimate of drug-likeness (QED) is 0.730. The van der Waals surface area contributed by atoms with Gasteiger partial charge in [0.2, 0.25) is 0 Å². The van der Waals surface area contributed by atoms with Crippen molar-refractivity contribution in [3.05, 3.63) is 22.4 Å². The number of rotatable bonds is 8. The van der Waals surface area contributed by atoms with Crippen LogP contribution < -0.4 is 5.32 Å². The smallest absolute Gasteiger partial charge is 0.0616 e. The van der Waals surface area contributed by atoms with E-state index in [4.69, 9.17) is 9.84 Å². The van der Waals surface area contributed by atoms with Crippen LogP contribution in [0.1, 0.15) is 18.9 Å². The fourth-order valence-electron chi connectivity index (χ4n) is 1.80. The van der Waals surface area contributed by atoms with Crippen molar-refractivity contribution in [2.75, 3.05) is 20.3 Å². The third-order valence-electron chi connectivity index (χ3n) is 2.49. The molecular formula is C12H21NO2S. The molecular weight excluding hydrogens is 222 g/mol. The van der Waals surface area contributed by atoms with Gasteiger partial charge < -0.3 is 15.2 Å². The van der Waals surface area contributed by atoms with Crippen LogP contribution in [0.5, 0.6) is 0 Å². The summed E-state index contributed by atoms with van der Waals surface area (Å²) >= 11 is 1.73. The van der Waals surface area contributed by atoms with Crippen LogP contribution >= 0.6 is 11.3 Å². The van der Waals surface area contributed by atoms with E-state index in [2.05, 4.69) is 29.1 Å². The maximum Gasteiger partial charge on any atom is 0.0616 e. The molecule has 0 aliphatic carbocycles. The normalized spacial score (nSPS) is 14.9. The molecule has 4 heteroatoms. The Hall–Kier alpha value is -0.420. The first-order valence-electron chi connectivity index (χ1n) is 5.63. The van der Waals surface area contributed by atoms with Crippen LogP contribution in [0.3, 0.4) is 0 Å². The maximum absolute atomic E-state index is 8.94. The van der Waals surface area contributed by atoms with Crippen molar-refractivity contribution in [3.63, 3.8) is 0 Å². The predicted octanol–water partition coefficient (Wildman–Crippen LogP) is 1.67. The van der Waals surface area contributed by atoms with Gasteiger partial charge in [0.15, 0.2) is 0 Å². The van der Waals surface area contributed by atoms with Crippen molar-refractivity contribution in [2.24, 2.45) is 0 Å². The number of ether oxygens (including phenoxy) is 1. The molecule has 0 bridgehead atoms. The summed E-state index contributed by atoms with van der Waals surface area (Å²) < 4.78 is 5.12. The summed E-state index contributed by atoms with van der Waals surface area (Å²) in [5.74, 6) is 0. The van der Waals surface area contributed by atoms with Crippen molar-refractivity contribution in [1.82, 2.24) is 5.32 Å². The van der Waals surface area contributed by atoms with E-state index in [-0.39, 0.29) is 12.6 Å². The fraction of sp³-hybridized carbons (Fsp3) is 0.667. The topological polar surface area (TPSA) is 41.5 Å². The lowest BCUT2D eigenvalue weighted by Crippen LogP contribution is -2.41. The second-order valence-electron chi connectivity index (χ2n) is 4.07. The first kappa shape index (κ1) is 13.6. The summed E-state index contributed by atoms with van der Waals surface area (Å²) in [6.45, 7) is 3.01. The van der Waals surface area contributed by atoms with Gasteiger partial charge in [-0.1, -0.05) is 0 Å². The van der Waals surface area contributed by atoms with E-state index < -0.39 is 0 Å². The number of methoxy groups -OCH3 is 1. The lowest BCUT2D eigenvalue weighted by Gasteiger charge is -2.22. The highest BCUT2D eigenvalue weighted by atomic mass is 32.1. The van der Waals surface area contributed by atoms with Gasteiger partial charge in [-0.2, -0.15) is 11.3 Å². The highest BCUT2D eigenvalue weighted by Gasteiger charge is 2.11. The van der Waals surface area contributed by atoms with Crippen LogP contribution in [-0.4, -0.2) is 37.5 Å². The molecule has 0 aliphatic heterocycles. The molecule has 16 heavy (non-hydrogen) atoms. The molecule has 2 unspecified atom stereocenters. The monoisotopic (exact) mass is 243 g/mol. The van der Waals surface area contributed by atoms with E-state index in [0.29, 0.717) is 12.6 Å². The zero-order valence-electron chi connectivity index (χ0n) is 9.98. The average molecular weight is 243 g/mol. The Morgan fingerprint density at radius 2 is 2.38 bits per heavy atom. The molecule has 0 radical (unpaired) electrons. The number of aliphatic hydroxyl groups is 1. The summed E-state index contributed by atoms with van der Waals surface area (Å²) in [6, 6.07) is 2.80. The van der Waals surface area contributed by atoms with Crippen LogP contribution in [0.4, 0.5) is 0 Å². The number of hydrogen-bond acceptors (Lipinski definition) is 4. The van der Waals surface area contributed by atoms with Crippen molar-refractivity contribution in [2.45, 2.75) is 31.8 Å². The van der Waals surface area contributed by atoms with Crippen molar-refractivity contribution >= 4 is 11.3 Å². The van der Waals surface area contributed by atoms with E-state index in [1.165, 1.54) is 5.56 Å². The molecule has 3 nitrogen and oxygen atoms in total. The number of nitrogens with one attached hydrogen (secondary N) is 1. The van der Waals surface area contributed by atoms with Gasteiger partial charge in [0, 0.05) is 25.8 Å². The van der Waals surface area contributed by atoms with Crippen LogP contribution in [0.2, 0.25) is 0 Å². The summed E-state index contributed by atoms with van der Waals surface area (Å²) in [7, 11) is 1.69. The third kappa shape index (κ3) is 5.07. The minimum atomic E-state index is 0.201. The Balaban J connectivity index is 2.32. The molecule has 1 aromatic heterocycles. The molecule has 0 spiro atoms. The largest absolute Gasteiger partial charge is 0.396 e. The molecule has 0 fully saturated rings. The molecule has 0 saturated carbocycles. The first-order valence-corrected chi connectivity index (χ1v) is 6.57. The van der Waals surface area contributed by atoms with Crippen molar-refractivity contribution in [1.29, 1.82) is 0 Å². The highest BCUT2D eigenvalue weighted by Crippen LogP contribution is 2.09. The molecule has 2 N–H and O–H groups in total. The summed E-state index contributed by atoms with van der Waals surface area (Å²) in [6.07, 6.45) is 1.76. The zero-order chi connectivity index (χ0) is 11.8. The maximum atomic E-state index is 8.94. The Morgan fingerprint density at radius 3 is 2.94 bits per heavy atom. The van der Waals surface area contributed by atoms with Gasteiger partial charge in [-0.05, 0) is 42.2 Å². The molecule has 1 heterocycles. The Kier molecular flexibility index (Phi) is 6.64. The fourth-order valence-corrected chi connectivity index (χ4v) is 2.48. The second kappa shape index (κ2) is 7.79. The number of hydrogen-bond donors (Lipinski definition) is 2. The number of thiophene rings is 1. The van der Waals surface area contributed by atoms with Crippen LogP contribution in [-0.2, 0) is 11.2 Å². The van der Waals surface area contributed by atoms with Crippen molar-refractivity contribution < 1.29 is 9.84 Å². The average Bonchev–Trinajstić information content (AvgIpc) is 2.71. The summed E-state index contributed by atoms with van der Waals surface area (Å²) in [5, 5.41) is 16.7. The Bertz CT molecular complexity index is 258. The molecule has 1 aromatic rings. The second-order valence-corrected chi connectivity index (χ2v) is 4.85. The molecule has 0 aromatic carbocycles. The number of aliphatic hydroxyl groups excluding tert-OH is 1. The molecule has 0 amide bonds. The molecule has 1 rings (SSSR count). The van der Waals surface area contributed by atoms with Crippen molar-refractivity contribution in [3.8, 4) is 0 Å².